The molecule has 0 saturated heterocycles. The van der Waals surface area contributed by atoms with Gasteiger partial charge in [0.2, 0.25) is 0 Å². The van der Waals surface area contributed by atoms with Crippen LogP contribution in [0.5, 0.6) is 5.75 Å². The molecule has 212 valence electrons. The molecule has 2 aromatic carbocycles. The van der Waals surface area contributed by atoms with E-state index in [9.17, 15) is 23.1 Å². The summed E-state index contributed by atoms with van der Waals surface area (Å²) in [4.78, 5) is 30.1. The summed E-state index contributed by atoms with van der Waals surface area (Å²) in [7, 11) is -3.91. The fourth-order valence-corrected chi connectivity index (χ4v) is 5.86. The summed E-state index contributed by atoms with van der Waals surface area (Å²) in [6.07, 6.45) is 1.44. The molecule has 11 nitrogen and oxygen atoms in total. The lowest BCUT2D eigenvalue weighted by Gasteiger charge is -2.19. The highest BCUT2D eigenvalue weighted by Gasteiger charge is 2.36. The molecule has 39 heavy (non-hydrogen) atoms. The van der Waals surface area contributed by atoms with Gasteiger partial charge in [0.1, 0.15) is 24.0 Å². The number of carbonyl (C=O) groups excluding carboxylic acids is 1. The number of hydrogen-bond donors (Lipinski definition) is 4. The number of hydrazine groups is 1. The Bertz CT molecular complexity index is 1340. The van der Waals surface area contributed by atoms with E-state index in [2.05, 4.69) is 20.6 Å². The van der Waals surface area contributed by atoms with Crippen molar-refractivity contribution in [2.75, 3.05) is 6.54 Å². The SMILES string of the molecule is Cc1c(C)c(S(=O)(=O)NNC=NCCC[C@@H](NC(=O)OCc2ccccc2)C(=O)O)c(C)c2c1OC(C)(C)C2. The van der Waals surface area contributed by atoms with Gasteiger partial charge in [0.25, 0.3) is 10.0 Å². The Balaban J connectivity index is 1.48. The van der Waals surface area contributed by atoms with Gasteiger partial charge in [0.15, 0.2) is 0 Å². The fourth-order valence-electron chi connectivity index (χ4n) is 4.46. The van der Waals surface area contributed by atoms with Crippen molar-refractivity contribution in [1.82, 2.24) is 15.6 Å². The number of alkyl carbamates (subject to hydrolysis) is 1. The minimum atomic E-state index is -3.91. The van der Waals surface area contributed by atoms with Gasteiger partial charge < -0.3 is 19.9 Å². The monoisotopic (exact) mass is 560 g/mol. The summed E-state index contributed by atoms with van der Waals surface area (Å²) in [5, 5.41) is 11.7. The largest absolute Gasteiger partial charge is 0.487 e. The number of carboxylic acid groups (broad SMARTS) is 1. The summed E-state index contributed by atoms with van der Waals surface area (Å²) < 4.78 is 37.3. The highest BCUT2D eigenvalue weighted by Crippen LogP contribution is 2.43. The van der Waals surface area contributed by atoms with Crippen LogP contribution in [0, 0.1) is 20.8 Å². The molecule has 0 aromatic heterocycles. The molecule has 0 fully saturated rings. The number of carboxylic acids is 1. The van der Waals surface area contributed by atoms with Gasteiger partial charge in [-0.05, 0) is 69.7 Å². The van der Waals surface area contributed by atoms with E-state index in [1.54, 1.807) is 26.0 Å². The number of amides is 1. The van der Waals surface area contributed by atoms with E-state index in [1.165, 1.54) is 6.34 Å². The molecule has 0 spiro atoms. The number of nitrogens with one attached hydrogen (secondary N) is 3. The van der Waals surface area contributed by atoms with Gasteiger partial charge in [-0.15, -0.1) is 4.83 Å². The fraction of sp³-hybridized carbons (Fsp3) is 0.444. The number of rotatable bonds is 12. The topological polar surface area (TPSA) is 155 Å². The Hall–Kier alpha value is -3.64. The van der Waals surface area contributed by atoms with Gasteiger partial charge in [-0.2, -0.15) is 0 Å². The van der Waals surface area contributed by atoms with Crippen molar-refractivity contribution in [3.05, 3.63) is 58.1 Å². The van der Waals surface area contributed by atoms with E-state index in [0.29, 0.717) is 24.0 Å². The number of ether oxygens (including phenoxy) is 2. The van der Waals surface area contributed by atoms with Crippen molar-refractivity contribution in [1.29, 1.82) is 0 Å². The Labute approximate surface area is 229 Å². The maximum absolute atomic E-state index is 13.1. The van der Waals surface area contributed by atoms with E-state index in [-0.39, 0.29) is 24.5 Å². The lowest BCUT2D eigenvalue weighted by molar-refractivity contribution is -0.139. The van der Waals surface area contributed by atoms with Crippen LogP contribution in [0.1, 0.15) is 54.5 Å². The molecule has 0 aliphatic carbocycles. The normalized spacial score (nSPS) is 14.9. The van der Waals surface area contributed by atoms with E-state index >= 15 is 0 Å². The van der Waals surface area contributed by atoms with Crippen LogP contribution in [-0.4, -0.2) is 50.1 Å². The van der Waals surface area contributed by atoms with Crippen molar-refractivity contribution in [2.24, 2.45) is 4.99 Å². The maximum atomic E-state index is 13.1. The predicted molar refractivity (Wildman–Crippen MR) is 146 cm³/mol. The summed E-state index contributed by atoms with van der Waals surface area (Å²) in [6.45, 7) is 9.57. The molecule has 4 N–H and O–H groups in total. The van der Waals surface area contributed by atoms with Crippen molar-refractivity contribution < 1.29 is 32.6 Å². The molecular weight excluding hydrogens is 524 g/mol. The van der Waals surface area contributed by atoms with E-state index in [1.807, 2.05) is 39.0 Å². The third-order valence-electron chi connectivity index (χ3n) is 6.49. The van der Waals surface area contributed by atoms with Gasteiger partial charge in [0, 0.05) is 18.5 Å². The number of carbonyl (C=O) groups is 2. The van der Waals surface area contributed by atoms with Crippen LogP contribution in [0.2, 0.25) is 0 Å². The smallest absolute Gasteiger partial charge is 0.408 e. The minimum Gasteiger partial charge on any atom is -0.487 e. The van der Waals surface area contributed by atoms with Gasteiger partial charge in [0.05, 0.1) is 11.2 Å². The second-order valence-electron chi connectivity index (χ2n) is 10.1. The average molecular weight is 561 g/mol. The number of benzene rings is 2. The highest BCUT2D eigenvalue weighted by molar-refractivity contribution is 7.89. The summed E-state index contributed by atoms with van der Waals surface area (Å²) in [5.74, 6) is -0.437. The van der Waals surface area contributed by atoms with Crippen molar-refractivity contribution in [3.8, 4) is 5.75 Å². The van der Waals surface area contributed by atoms with Gasteiger partial charge in [-0.3, -0.25) is 10.4 Å². The first-order valence-corrected chi connectivity index (χ1v) is 14.1. The third kappa shape index (κ3) is 7.70. The molecule has 1 heterocycles. The molecule has 2 aromatic rings. The molecule has 0 bridgehead atoms. The van der Waals surface area contributed by atoms with Crippen molar-refractivity contribution in [2.45, 2.75) is 77.0 Å². The second-order valence-corrected chi connectivity index (χ2v) is 11.7. The molecule has 0 saturated carbocycles. The van der Waals surface area contributed by atoms with E-state index in [0.717, 1.165) is 22.4 Å². The Kier molecular flexibility index (Phi) is 9.57. The molecule has 3 rings (SSSR count). The first kappa shape index (κ1) is 29.9. The van der Waals surface area contributed by atoms with Crippen LogP contribution in [0.25, 0.3) is 0 Å². The van der Waals surface area contributed by atoms with Crippen LogP contribution >= 0.6 is 0 Å². The van der Waals surface area contributed by atoms with Gasteiger partial charge in [-0.1, -0.05) is 30.3 Å². The molecule has 1 amide bonds. The zero-order chi connectivity index (χ0) is 28.8. The molecule has 1 aliphatic rings. The number of hydrogen-bond acceptors (Lipinski definition) is 7. The molecule has 0 radical (unpaired) electrons. The summed E-state index contributed by atoms with van der Waals surface area (Å²) in [6, 6.07) is 7.89. The number of aliphatic imine (C=N–C) groups is 1. The molecule has 1 aliphatic heterocycles. The predicted octanol–water partition coefficient (Wildman–Crippen LogP) is 3.30. The second kappa shape index (κ2) is 12.5. The number of sulfonamides is 1. The van der Waals surface area contributed by atoms with Crippen LogP contribution in [0.4, 0.5) is 4.79 Å². The van der Waals surface area contributed by atoms with Crippen LogP contribution in [0.3, 0.4) is 0 Å². The third-order valence-corrected chi connectivity index (χ3v) is 8.03. The Morgan fingerprint density at radius 2 is 1.85 bits per heavy atom. The molecule has 12 heteroatoms. The van der Waals surface area contributed by atoms with Crippen molar-refractivity contribution in [3.63, 3.8) is 0 Å². The standard InChI is InChI=1S/C27H36N4O7S/c1-17-18(2)24(19(3)21-14-27(4,5)38-23(17)21)39(35,36)31-29-16-28-13-9-12-22(25(32)33)30-26(34)37-15-20-10-7-6-8-11-20/h6-8,10-11,16,22,31H,9,12-15H2,1-5H3,(H,28,29)(H,30,34)(H,32,33)/t22-/m1/s1. The number of aliphatic carboxylic acids is 1. The lowest BCUT2D eigenvalue weighted by atomic mass is 9.94. The first-order chi connectivity index (χ1) is 18.3. The molecular formula is C27H36N4O7S. The summed E-state index contributed by atoms with van der Waals surface area (Å²) in [5.41, 5.74) is 5.83. The quantitative estimate of drug-likeness (QED) is 0.133. The summed E-state index contributed by atoms with van der Waals surface area (Å²) >= 11 is 0. The Morgan fingerprint density at radius 1 is 1.15 bits per heavy atom. The molecule has 1 atom stereocenters. The maximum Gasteiger partial charge on any atom is 0.408 e. The minimum absolute atomic E-state index is 0.0285. The first-order valence-electron chi connectivity index (χ1n) is 12.6. The number of fused-ring (bicyclic) bond motifs is 1. The van der Waals surface area contributed by atoms with Gasteiger partial charge in [-0.25, -0.2) is 18.0 Å². The zero-order valence-corrected chi connectivity index (χ0v) is 23.6. The van der Waals surface area contributed by atoms with Crippen LogP contribution in [0.15, 0.2) is 40.2 Å². The molecule has 0 unspecified atom stereocenters. The zero-order valence-electron chi connectivity index (χ0n) is 22.8. The average Bonchev–Trinajstić information content (AvgIpc) is 3.21. The van der Waals surface area contributed by atoms with E-state index < -0.39 is 33.7 Å². The lowest BCUT2D eigenvalue weighted by Crippen LogP contribution is -2.41. The Morgan fingerprint density at radius 3 is 2.51 bits per heavy atom. The number of nitrogens with zero attached hydrogens (tertiary/aromatic N) is 1. The van der Waals surface area contributed by atoms with Crippen LogP contribution < -0.4 is 20.3 Å². The highest BCUT2D eigenvalue weighted by atomic mass is 32.2. The van der Waals surface area contributed by atoms with E-state index in [4.69, 9.17) is 9.47 Å². The van der Waals surface area contributed by atoms with Gasteiger partial charge >= 0.3 is 12.1 Å². The van der Waals surface area contributed by atoms with Crippen LogP contribution in [-0.2, 0) is 32.6 Å². The van der Waals surface area contributed by atoms with Crippen molar-refractivity contribution >= 4 is 28.4 Å².